The lowest BCUT2D eigenvalue weighted by Gasteiger charge is -2.11. The first-order chi connectivity index (χ1) is 16.5. The van der Waals surface area contributed by atoms with E-state index in [0.29, 0.717) is 11.4 Å². The number of hydrogen-bond acceptors (Lipinski definition) is 4. The van der Waals surface area contributed by atoms with Gasteiger partial charge in [0.2, 0.25) is 5.82 Å². The van der Waals surface area contributed by atoms with Crippen molar-refractivity contribution in [1.82, 2.24) is 9.97 Å². The van der Waals surface area contributed by atoms with E-state index in [1.54, 1.807) is 36.7 Å². The highest BCUT2D eigenvalue weighted by atomic mass is 19.2. The zero-order valence-electron chi connectivity index (χ0n) is 19.8. The number of unbranched alkanes of at least 4 members (excludes halogenated alkanes) is 3. The summed E-state index contributed by atoms with van der Waals surface area (Å²) in [7, 11) is 0. The molecule has 34 heavy (non-hydrogen) atoms. The topological polar surface area (TPSA) is 55.2 Å². The standard InChI is InChI=1S/C28H32F2N2O2/c1-3-4-8-17-34-20(2)9-6-5-7-10-26-31-18-23(19-32-26)21-11-13-22(14-12-21)24-15-16-25(33)28(30)27(24)29/h7,10-16,18-20,33H,3-6,8-9,17H2,1-2H3/b10-7+. The first-order valence-corrected chi connectivity index (χ1v) is 11.9. The quantitative estimate of drug-likeness (QED) is 0.280. The lowest BCUT2D eigenvalue weighted by molar-refractivity contribution is 0.0566. The lowest BCUT2D eigenvalue weighted by atomic mass is 10.0. The molecule has 0 amide bonds. The molecule has 0 saturated heterocycles. The van der Waals surface area contributed by atoms with Crippen LogP contribution in [0.4, 0.5) is 8.78 Å². The molecule has 0 radical (unpaired) electrons. The van der Waals surface area contributed by atoms with Crippen LogP contribution in [-0.4, -0.2) is 27.8 Å². The van der Waals surface area contributed by atoms with Crippen LogP contribution in [0.25, 0.3) is 28.3 Å². The zero-order chi connectivity index (χ0) is 24.3. The van der Waals surface area contributed by atoms with Gasteiger partial charge in [-0.05, 0) is 61.9 Å². The summed E-state index contributed by atoms with van der Waals surface area (Å²) in [6.07, 6.45) is 14.4. The van der Waals surface area contributed by atoms with Crippen LogP contribution < -0.4 is 0 Å². The van der Waals surface area contributed by atoms with Crippen molar-refractivity contribution in [3.05, 3.63) is 72.3 Å². The first kappa shape index (κ1) is 25.5. The first-order valence-electron chi connectivity index (χ1n) is 11.9. The Hall–Kier alpha value is -3.12. The van der Waals surface area contributed by atoms with Gasteiger partial charge in [-0.1, -0.05) is 50.1 Å². The summed E-state index contributed by atoms with van der Waals surface area (Å²) >= 11 is 0. The van der Waals surface area contributed by atoms with E-state index in [-0.39, 0.29) is 11.7 Å². The molecule has 6 heteroatoms. The van der Waals surface area contributed by atoms with Gasteiger partial charge in [0.25, 0.3) is 0 Å². The van der Waals surface area contributed by atoms with E-state index in [1.807, 2.05) is 6.08 Å². The molecule has 0 aliphatic heterocycles. The number of hydrogen-bond donors (Lipinski definition) is 1. The summed E-state index contributed by atoms with van der Waals surface area (Å²) in [5.74, 6) is -2.37. The van der Waals surface area contributed by atoms with Gasteiger partial charge in [-0.3, -0.25) is 0 Å². The molecule has 0 fully saturated rings. The number of ether oxygens (including phenoxy) is 1. The van der Waals surface area contributed by atoms with Crippen molar-refractivity contribution in [1.29, 1.82) is 0 Å². The minimum atomic E-state index is -1.25. The zero-order valence-corrected chi connectivity index (χ0v) is 19.8. The van der Waals surface area contributed by atoms with Crippen LogP contribution in [0, 0.1) is 11.6 Å². The van der Waals surface area contributed by atoms with Gasteiger partial charge >= 0.3 is 0 Å². The molecule has 4 nitrogen and oxygen atoms in total. The fraction of sp³-hybridized carbons (Fsp3) is 0.357. The van der Waals surface area contributed by atoms with Gasteiger partial charge in [-0.25, -0.2) is 14.4 Å². The molecule has 0 aliphatic rings. The van der Waals surface area contributed by atoms with Crippen LogP contribution in [0.1, 0.15) is 58.2 Å². The maximum Gasteiger partial charge on any atom is 0.200 e. The highest BCUT2D eigenvalue weighted by molar-refractivity contribution is 5.70. The van der Waals surface area contributed by atoms with Gasteiger partial charge in [-0.2, -0.15) is 4.39 Å². The Morgan fingerprint density at radius 1 is 0.912 bits per heavy atom. The van der Waals surface area contributed by atoms with Gasteiger partial charge in [0.1, 0.15) is 0 Å². The summed E-state index contributed by atoms with van der Waals surface area (Å²) in [6, 6.07) is 9.51. The normalized spacial score (nSPS) is 12.4. The van der Waals surface area contributed by atoms with Crippen LogP contribution in [0.3, 0.4) is 0 Å². The second-order valence-electron chi connectivity index (χ2n) is 8.39. The van der Waals surface area contributed by atoms with E-state index in [2.05, 4.69) is 29.9 Å². The fourth-order valence-electron chi connectivity index (χ4n) is 3.61. The van der Waals surface area contributed by atoms with Gasteiger partial charge in [0, 0.05) is 30.1 Å². The lowest BCUT2D eigenvalue weighted by Crippen LogP contribution is -2.08. The minimum absolute atomic E-state index is 0.0936. The third kappa shape index (κ3) is 7.19. The van der Waals surface area contributed by atoms with Crippen LogP contribution in [0.5, 0.6) is 5.75 Å². The molecule has 1 unspecified atom stereocenters. The Balaban J connectivity index is 1.50. The predicted molar refractivity (Wildman–Crippen MR) is 132 cm³/mol. The number of phenolic OH excluding ortho intramolecular Hbond substituents is 1. The van der Waals surface area contributed by atoms with E-state index < -0.39 is 17.4 Å². The molecule has 3 rings (SSSR count). The Morgan fingerprint density at radius 3 is 2.32 bits per heavy atom. The number of allylic oxidation sites excluding steroid dienone is 1. The molecule has 0 bridgehead atoms. The molecule has 0 aliphatic carbocycles. The number of nitrogens with zero attached hydrogens (tertiary/aromatic N) is 2. The molecule has 3 aromatic rings. The number of aromatic hydroxyl groups is 1. The number of rotatable bonds is 12. The molecule has 1 aromatic heterocycles. The van der Waals surface area contributed by atoms with Gasteiger partial charge in [0.15, 0.2) is 17.4 Å². The van der Waals surface area contributed by atoms with Crippen LogP contribution in [-0.2, 0) is 4.74 Å². The molecule has 180 valence electrons. The SMILES string of the molecule is CCCCCOC(C)CCC/C=C/c1ncc(-c2ccc(-c3ccc(O)c(F)c3F)cc2)cn1. The Bertz CT molecular complexity index is 1070. The largest absolute Gasteiger partial charge is 0.505 e. The Labute approximate surface area is 200 Å². The average molecular weight is 467 g/mol. The van der Waals surface area contributed by atoms with E-state index in [0.717, 1.165) is 49.5 Å². The van der Waals surface area contributed by atoms with Crippen molar-refractivity contribution in [3.8, 4) is 28.0 Å². The minimum Gasteiger partial charge on any atom is -0.505 e. The third-order valence-corrected chi connectivity index (χ3v) is 5.66. The second-order valence-corrected chi connectivity index (χ2v) is 8.39. The summed E-state index contributed by atoms with van der Waals surface area (Å²) in [6.45, 7) is 5.17. The van der Waals surface area contributed by atoms with Crippen LogP contribution >= 0.6 is 0 Å². The van der Waals surface area contributed by atoms with Crippen LogP contribution in [0.2, 0.25) is 0 Å². The average Bonchev–Trinajstić information content (AvgIpc) is 2.86. The smallest absolute Gasteiger partial charge is 0.200 e. The Kier molecular flexibility index (Phi) is 9.71. The number of aromatic nitrogens is 2. The molecule has 1 heterocycles. The van der Waals surface area contributed by atoms with Gasteiger partial charge in [-0.15, -0.1) is 0 Å². The predicted octanol–water partition coefficient (Wildman–Crippen LogP) is 7.57. The molecule has 0 spiro atoms. The molecule has 1 atom stereocenters. The number of phenols is 1. The fourth-order valence-corrected chi connectivity index (χ4v) is 3.61. The van der Waals surface area contributed by atoms with Crippen molar-refractivity contribution < 1.29 is 18.6 Å². The highest BCUT2D eigenvalue weighted by Crippen LogP contribution is 2.30. The third-order valence-electron chi connectivity index (χ3n) is 5.66. The molecule has 0 saturated carbocycles. The second kappa shape index (κ2) is 12.9. The Morgan fingerprint density at radius 2 is 1.62 bits per heavy atom. The van der Waals surface area contributed by atoms with Crippen molar-refractivity contribution in [2.45, 2.75) is 58.5 Å². The van der Waals surface area contributed by atoms with E-state index in [9.17, 15) is 13.9 Å². The number of halogens is 2. The van der Waals surface area contributed by atoms with Gasteiger partial charge < -0.3 is 9.84 Å². The summed E-state index contributed by atoms with van der Waals surface area (Å²) in [5, 5.41) is 9.29. The van der Waals surface area contributed by atoms with Crippen molar-refractivity contribution in [2.24, 2.45) is 0 Å². The van der Waals surface area contributed by atoms with Crippen molar-refractivity contribution in [2.75, 3.05) is 6.61 Å². The van der Waals surface area contributed by atoms with Crippen molar-refractivity contribution in [3.63, 3.8) is 0 Å². The van der Waals surface area contributed by atoms with E-state index in [1.165, 1.54) is 18.9 Å². The molecular weight excluding hydrogens is 434 g/mol. The maximum atomic E-state index is 14.1. The van der Waals surface area contributed by atoms with E-state index >= 15 is 0 Å². The van der Waals surface area contributed by atoms with Crippen molar-refractivity contribution >= 4 is 6.08 Å². The van der Waals surface area contributed by atoms with E-state index in [4.69, 9.17) is 4.74 Å². The monoisotopic (exact) mass is 466 g/mol. The van der Waals surface area contributed by atoms with Gasteiger partial charge in [0.05, 0.1) is 6.10 Å². The molecule has 1 N–H and O–H groups in total. The number of benzene rings is 2. The maximum absolute atomic E-state index is 14.1. The van der Waals surface area contributed by atoms with Crippen LogP contribution in [0.15, 0.2) is 54.9 Å². The molecule has 2 aromatic carbocycles. The summed E-state index contributed by atoms with van der Waals surface area (Å²) < 4.78 is 33.6. The summed E-state index contributed by atoms with van der Waals surface area (Å²) in [4.78, 5) is 8.80. The highest BCUT2D eigenvalue weighted by Gasteiger charge is 2.14. The molecular formula is C28H32F2N2O2. The summed E-state index contributed by atoms with van der Waals surface area (Å²) in [5.41, 5.74) is 2.30.